The first-order valence-corrected chi connectivity index (χ1v) is 8.44. The molecular weight excluding hydrogens is 288 g/mol. The zero-order valence-electron chi connectivity index (χ0n) is 15.6. The highest BCUT2D eigenvalue weighted by Crippen LogP contribution is 2.36. The number of nitrogens with one attached hydrogen (secondary N) is 1. The molecule has 1 rings (SSSR count). The lowest BCUT2D eigenvalue weighted by molar-refractivity contribution is -0.117. The number of carbonyl (C=O) groups is 1. The smallest absolute Gasteiger partial charge is 0.167 e. The van der Waals surface area contributed by atoms with Gasteiger partial charge in [0.1, 0.15) is 0 Å². The maximum absolute atomic E-state index is 12.8. The van der Waals surface area contributed by atoms with Crippen molar-refractivity contribution in [3.63, 3.8) is 0 Å². The number of hydrogen-bond acceptors (Lipinski definition) is 4. The largest absolute Gasteiger partial charge is 0.294 e. The maximum Gasteiger partial charge on any atom is 0.167 e. The van der Waals surface area contributed by atoms with Gasteiger partial charge in [-0.15, -0.1) is 6.58 Å². The van der Waals surface area contributed by atoms with Crippen molar-refractivity contribution < 1.29 is 9.63 Å². The Morgan fingerprint density at radius 3 is 2.57 bits per heavy atom. The number of rotatable bonds is 6. The van der Waals surface area contributed by atoms with Crippen molar-refractivity contribution in [2.45, 2.75) is 72.8 Å². The van der Waals surface area contributed by atoms with Crippen LogP contribution in [0.3, 0.4) is 0 Å². The number of ketones is 1. The van der Waals surface area contributed by atoms with Crippen LogP contribution in [0.1, 0.15) is 67.2 Å². The highest BCUT2D eigenvalue weighted by molar-refractivity contribution is 6.25. The number of aliphatic imine (C=N–C) groups is 1. The Morgan fingerprint density at radius 2 is 2.04 bits per heavy atom. The maximum atomic E-state index is 12.8. The Balaban J connectivity index is 3.31. The van der Waals surface area contributed by atoms with Gasteiger partial charge in [-0.05, 0) is 39.0 Å². The van der Waals surface area contributed by atoms with Crippen LogP contribution < -0.4 is 5.48 Å². The van der Waals surface area contributed by atoms with Gasteiger partial charge in [-0.25, -0.2) is 0 Å². The molecule has 1 aliphatic carbocycles. The Labute approximate surface area is 141 Å². The average Bonchev–Trinajstić information content (AvgIpc) is 2.34. The van der Waals surface area contributed by atoms with Crippen molar-refractivity contribution in [2.75, 3.05) is 6.61 Å². The van der Waals surface area contributed by atoms with Gasteiger partial charge in [-0.1, -0.05) is 33.3 Å². The Morgan fingerprint density at radius 1 is 1.39 bits per heavy atom. The monoisotopic (exact) mass is 320 g/mol. The molecule has 4 heteroatoms. The minimum atomic E-state index is -0.215. The minimum absolute atomic E-state index is 0.0516. The quantitative estimate of drug-likeness (QED) is 0.342. The van der Waals surface area contributed by atoms with Crippen LogP contribution in [0.4, 0.5) is 0 Å². The first-order chi connectivity index (χ1) is 10.6. The molecule has 23 heavy (non-hydrogen) atoms. The summed E-state index contributed by atoms with van der Waals surface area (Å²) in [6.07, 6.45) is 4.73. The van der Waals surface area contributed by atoms with E-state index in [2.05, 4.69) is 53.6 Å². The average molecular weight is 320 g/mol. The molecule has 0 heterocycles. The molecule has 0 aromatic heterocycles. The third kappa shape index (κ3) is 6.30. The van der Waals surface area contributed by atoms with Crippen LogP contribution in [-0.4, -0.2) is 23.6 Å². The van der Waals surface area contributed by atoms with E-state index in [1.165, 1.54) is 0 Å². The number of carbonyl (C=O) groups excluding carboxylic acids is 1. The van der Waals surface area contributed by atoms with Crippen molar-refractivity contribution in [1.29, 1.82) is 0 Å². The highest BCUT2D eigenvalue weighted by Gasteiger charge is 2.36. The Hall–Kier alpha value is -1.42. The van der Waals surface area contributed by atoms with Crippen LogP contribution in [0, 0.1) is 5.41 Å². The lowest BCUT2D eigenvalue weighted by atomic mass is 9.72. The summed E-state index contributed by atoms with van der Waals surface area (Å²) in [6.45, 7) is 16.6. The van der Waals surface area contributed by atoms with E-state index in [9.17, 15) is 4.79 Å². The lowest BCUT2D eigenvalue weighted by Gasteiger charge is -2.33. The molecule has 1 N–H and O–H groups in total. The zero-order chi connectivity index (χ0) is 17.7. The third-order valence-electron chi connectivity index (χ3n) is 3.52. The first-order valence-electron chi connectivity index (χ1n) is 8.44. The molecule has 0 spiro atoms. The molecule has 0 unspecified atom stereocenters. The Bertz CT molecular complexity index is 508. The van der Waals surface area contributed by atoms with Crippen molar-refractivity contribution in [1.82, 2.24) is 5.48 Å². The predicted molar refractivity (Wildman–Crippen MR) is 96.4 cm³/mol. The summed E-state index contributed by atoms with van der Waals surface area (Å²) in [7, 11) is 0. The van der Waals surface area contributed by atoms with Gasteiger partial charge in [0.15, 0.2) is 5.78 Å². The minimum Gasteiger partial charge on any atom is -0.294 e. The fourth-order valence-electron chi connectivity index (χ4n) is 2.80. The van der Waals surface area contributed by atoms with Crippen LogP contribution in [0.15, 0.2) is 28.9 Å². The summed E-state index contributed by atoms with van der Waals surface area (Å²) >= 11 is 0. The molecule has 1 saturated carbocycles. The second kappa shape index (κ2) is 7.91. The SMILES string of the molecule is C=CCONC(CCC)=C1C(=O)CC(C)(C)CC1=NC(C)(C)C. The van der Waals surface area contributed by atoms with Crippen LogP contribution in [0.2, 0.25) is 0 Å². The Kier molecular flexibility index (Phi) is 6.75. The summed E-state index contributed by atoms with van der Waals surface area (Å²) in [6, 6.07) is 0. The van der Waals surface area contributed by atoms with Gasteiger partial charge < -0.3 is 0 Å². The van der Waals surface area contributed by atoms with E-state index >= 15 is 0 Å². The highest BCUT2D eigenvalue weighted by atomic mass is 16.6. The number of hydrogen-bond donors (Lipinski definition) is 1. The second-order valence-corrected chi connectivity index (χ2v) is 7.98. The number of allylic oxidation sites excluding steroid dienone is 2. The van der Waals surface area contributed by atoms with E-state index < -0.39 is 0 Å². The van der Waals surface area contributed by atoms with Gasteiger partial charge in [0.25, 0.3) is 0 Å². The molecule has 0 aliphatic heterocycles. The van der Waals surface area contributed by atoms with E-state index in [1.807, 2.05) is 0 Å². The third-order valence-corrected chi connectivity index (χ3v) is 3.52. The molecule has 0 aromatic carbocycles. The number of Topliss-reactive ketones (excluding diaryl/α,β-unsaturated/α-hetero) is 1. The summed E-state index contributed by atoms with van der Waals surface area (Å²) in [4.78, 5) is 23.0. The van der Waals surface area contributed by atoms with Gasteiger partial charge in [0.2, 0.25) is 0 Å². The molecule has 130 valence electrons. The predicted octanol–water partition coefficient (Wildman–Crippen LogP) is 4.38. The molecule has 0 saturated heterocycles. The first kappa shape index (κ1) is 19.6. The molecule has 0 atom stereocenters. The van der Waals surface area contributed by atoms with Gasteiger partial charge in [-0.3, -0.25) is 20.1 Å². The van der Waals surface area contributed by atoms with Gasteiger partial charge in [-0.2, -0.15) is 0 Å². The summed E-state index contributed by atoms with van der Waals surface area (Å²) in [5, 5.41) is 0. The molecule has 1 aliphatic rings. The van der Waals surface area contributed by atoms with E-state index in [0.29, 0.717) is 13.0 Å². The molecule has 1 fully saturated rings. The number of nitrogens with zero attached hydrogens (tertiary/aromatic N) is 1. The summed E-state index contributed by atoms with van der Waals surface area (Å²) in [5.41, 5.74) is 5.18. The molecule has 0 bridgehead atoms. The van der Waals surface area contributed by atoms with Gasteiger partial charge >= 0.3 is 0 Å². The fourth-order valence-corrected chi connectivity index (χ4v) is 2.80. The van der Waals surface area contributed by atoms with Crippen LogP contribution in [-0.2, 0) is 9.63 Å². The summed E-state index contributed by atoms with van der Waals surface area (Å²) in [5.74, 6) is 0.155. The zero-order valence-corrected chi connectivity index (χ0v) is 15.6. The fraction of sp³-hybridized carbons (Fsp3) is 0.684. The molecule has 0 aromatic rings. The molecule has 4 nitrogen and oxygen atoms in total. The van der Waals surface area contributed by atoms with E-state index in [0.717, 1.165) is 36.2 Å². The molecular formula is C19H32N2O2. The van der Waals surface area contributed by atoms with Crippen molar-refractivity contribution in [3.8, 4) is 0 Å². The van der Waals surface area contributed by atoms with Crippen LogP contribution in [0.5, 0.6) is 0 Å². The standard InChI is InChI=1S/C19H32N2O2/c1-8-10-14(21-23-11-9-2)17-15(20-18(3,4)5)12-19(6,7)13-16(17)22/h9,21H,2,8,10-13H2,1,3-7H3. The summed E-state index contributed by atoms with van der Waals surface area (Å²) < 4.78 is 0. The van der Waals surface area contributed by atoms with Crippen molar-refractivity contribution in [2.24, 2.45) is 10.4 Å². The number of hydroxylamine groups is 1. The second-order valence-electron chi connectivity index (χ2n) is 7.98. The van der Waals surface area contributed by atoms with Crippen molar-refractivity contribution in [3.05, 3.63) is 23.9 Å². The van der Waals surface area contributed by atoms with E-state index in [4.69, 9.17) is 9.83 Å². The van der Waals surface area contributed by atoms with E-state index in [1.54, 1.807) is 6.08 Å². The van der Waals surface area contributed by atoms with Crippen LogP contribution in [0.25, 0.3) is 0 Å². The van der Waals surface area contributed by atoms with Gasteiger partial charge in [0.05, 0.1) is 23.4 Å². The van der Waals surface area contributed by atoms with Gasteiger partial charge in [0, 0.05) is 12.1 Å². The molecule has 0 amide bonds. The topological polar surface area (TPSA) is 50.7 Å². The van der Waals surface area contributed by atoms with E-state index in [-0.39, 0.29) is 16.7 Å². The van der Waals surface area contributed by atoms with Crippen LogP contribution >= 0.6 is 0 Å². The lowest BCUT2D eigenvalue weighted by Crippen LogP contribution is -2.36. The normalized spacial score (nSPS) is 22.2. The van der Waals surface area contributed by atoms with Crippen molar-refractivity contribution >= 4 is 11.5 Å². The molecule has 0 radical (unpaired) electrons.